The highest BCUT2D eigenvalue weighted by Gasteiger charge is 2.29. The van der Waals surface area contributed by atoms with E-state index in [1.165, 1.54) is 29.4 Å². The van der Waals surface area contributed by atoms with Crippen molar-refractivity contribution in [2.24, 2.45) is 0 Å². The van der Waals surface area contributed by atoms with Crippen LogP contribution in [-0.2, 0) is 23.1 Å². The molecule has 0 saturated carbocycles. The van der Waals surface area contributed by atoms with Crippen molar-refractivity contribution in [3.8, 4) is 45.2 Å². The number of benzene rings is 4. The lowest BCUT2D eigenvalue weighted by atomic mass is 9.87. The quantitative estimate of drug-likeness (QED) is 0.0781. The van der Waals surface area contributed by atoms with Crippen LogP contribution in [0.5, 0.6) is 0 Å². The Bertz CT molecular complexity index is 5010. The molecule has 14 rings (SSSR count). The van der Waals surface area contributed by atoms with Crippen LogP contribution in [0.2, 0.25) is 0 Å². The molecule has 12 heteroatoms. The SMILES string of the molecule is COC(=O)c1ccc(-c2c3nc(cc4ccc(cc5nc(cc6[nH]c2cc6C#Cc2ccc(CNC(=O)c6ccc(-c7c8nc(cc9ccc([nH]9)c(-c9c(C)cc(C)cc9C)c9nc(cc%10ccc7[nH]%10)C=C9)C=C8)cc6)cc2)CC5(C)C)[nH]4)C=C3)cc1. The molecule has 5 N–H and O–H groups in total. The van der Waals surface area contributed by atoms with Gasteiger partial charge in [-0.05, 0) is 200 Å². The number of hydrogen-bond acceptors (Lipinski definition) is 7. The number of esters is 1. The van der Waals surface area contributed by atoms with E-state index in [1.54, 1.807) is 12.1 Å². The lowest BCUT2D eigenvalue weighted by Gasteiger charge is -2.15. The summed E-state index contributed by atoms with van der Waals surface area (Å²) in [5, 5.41) is 3.12. The Kier molecular flexibility index (Phi) is 13.5. The average Bonchev–Trinajstić information content (AvgIpc) is 3.89. The number of amides is 1. The third-order valence-corrected chi connectivity index (χ3v) is 16.4. The van der Waals surface area contributed by atoms with Gasteiger partial charge in [0, 0.05) is 96.2 Å². The second-order valence-corrected chi connectivity index (χ2v) is 23.2. The maximum Gasteiger partial charge on any atom is 0.337 e. The molecule has 0 spiro atoms. The molecule has 4 aromatic carbocycles. The van der Waals surface area contributed by atoms with Crippen molar-refractivity contribution < 1.29 is 14.3 Å². The number of fused-ring (bicyclic) bond motifs is 16. The standard InChI is InChI=1S/C75H59N9O3/c1-43-33-44(2)69(45(3)34-43)72-64-31-26-57(81-64)37-55-23-28-61(78-55)70(62-29-24-56(79-62)38-58-27-32-65(72)82-58)48-13-17-50(18-14-48)73(85)76-42-47-9-7-46(8-10-47)11-12-52-35-67-71(49-15-19-51(20-16-49)74(86)87-6)63-30-25-54(80-63)36-53-21-22-59(77-53)40-68-75(4,5)41-60(83-68)39-66(52)84-67/h7-10,13-40,77-78,82,84H,41-42H2,1-6H3,(H,76,85). The summed E-state index contributed by atoms with van der Waals surface area (Å²) in [6, 6.07) is 52.3. The van der Waals surface area contributed by atoms with Gasteiger partial charge in [0.2, 0.25) is 0 Å². The van der Waals surface area contributed by atoms with Crippen LogP contribution < -0.4 is 5.32 Å². The Morgan fingerprint density at radius 3 is 1.63 bits per heavy atom. The number of H-pyrrole nitrogens is 4. The van der Waals surface area contributed by atoms with Crippen molar-refractivity contribution in [1.29, 1.82) is 0 Å². The Labute approximate surface area is 502 Å². The first-order valence-electron chi connectivity index (χ1n) is 29.0. The molecule has 0 saturated heterocycles. The van der Waals surface area contributed by atoms with Crippen molar-refractivity contribution in [3.05, 3.63) is 248 Å². The minimum atomic E-state index is -0.408. The fourth-order valence-electron chi connectivity index (χ4n) is 12.2. The number of hydrogen-bond donors (Lipinski definition) is 5. The van der Waals surface area contributed by atoms with Gasteiger partial charge in [-0.1, -0.05) is 79.8 Å². The largest absolute Gasteiger partial charge is 0.465 e. The van der Waals surface area contributed by atoms with E-state index in [2.05, 4.69) is 163 Å². The Morgan fingerprint density at radius 1 is 0.506 bits per heavy atom. The fraction of sp³-hybridized carbons (Fsp3) is 0.120. The lowest BCUT2D eigenvalue weighted by molar-refractivity contribution is 0.0600. The molecule has 0 unspecified atom stereocenters. The number of aryl methyl sites for hydroxylation is 3. The van der Waals surface area contributed by atoms with E-state index in [1.807, 2.05) is 91.0 Å². The summed E-state index contributed by atoms with van der Waals surface area (Å²) in [6.07, 6.45) is 13.0. The number of nitrogens with one attached hydrogen (secondary N) is 5. The minimum Gasteiger partial charge on any atom is -0.465 e. The van der Waals surface area contributed by atoms with Crippen molar-refractivity contribution in [2.75, 3.05) is 7.11 Å². The lowest BCUT2D eigenvalue weighted by Crippen LogP contribution is -2.22. The number of carbonyl (C=O) groups excluding carboxylic acids is 2. The van der Waals surface area contributed by atoms with Crippen LogP contribution in [-0.4, -0.2) is 58.9 Å². The topological polar surface area (TPSA) is 170 Å². The van der Waals surface area contributed by atoms with Crippen LogP contribution in [0.3, 0.4) is 0 Å². The molecule has 0 aliphatic carbocycles. The van der Waals surface area contributed by atoms with Crippen LogP contribution in [0, 0.1) is 32.6 Å². The monoisotopic (exact) mass is 1130 g/mol. The summed E-state index contributed by atoms with van der Waals surface area (Å²) < 4.78 is 5.01. The number of methoxy groups -OCH3 is 1. The number of ether oxygens (including phenoxy) is 1. The van der Waals surface area contributed by atoms with Gasteiger partial charge in [0.15, 0.2) is 0 Å². The van der Waals surface area contributed by atoms with Gasteiger partial charge < -0.3 is 30.0 Å². The molecule has 422 valence electrons. The Balaban J connectivity index is 0.745. The summed E-state index contributed by atoms with van der Waals surface area (Å²) in [6.45, 7) is 11.2. The first-order valence-corrected chi connectivity index (χ1v) is 29.0. The first-order chi connectivity index (χ1) is 42.2. The smallest absolute Gasteiger partial charge is 0.337 e. The molecule has 10 heterocycles. The van der Waals surface area contributed by atoms with Crippen LogP contribution in [0.15, 0.2) is 158 Å². The third-order valence-electron chi connectivity index (χ3n) is 16.4. The number of aromatic nitrogens is 8. The third kappa shape index (κ3) is 10.8. The van der Waals surface area contributed by atoms with E-state index in [0.717, 1.165) is 141 Å². The van der Waals surface area contributed by atoms with E-state index < -0.39 is 5.97 Å². The normalized spacial score (nSPS) is 12.9. The van der Waals surface area contributed by atoms with Gasteiger partial charge in [0.1, 0.15) is 0 Å². The molecule has 0 fully saturated rings. The fourth-order valence-corrected chi connectivity index (χ4v) is 12.2. The van der Waals surface area contributed by atoms with Gasteiger partial charge in [-0.15, -0.1) is 0 Å². The second-order valence-electron chi connectivity index (χ2n) is 23.2. The molecule has 4 aliphatic heterocycles. The number of nitrogens with zero attached hydrogens (tertiary/aromatic N) is 4. The van der Waals surface area contributed by atoms with Gasteiger partial charge >= 0.3 is 5.97 Å². The maximum atomic E-state index is 13.8. The highest BCUT2D eigenvalue weighted by Crippen LogP contribution is 2.38. The molecule has 16 bridgehead atoms. The highest BCUT2D eigenvalue weighted by atomic mass is 16.5. The van der Waals surface area contributed by atoms with Crippen LogP contribution in [0.25, 0.3) is 114 Å². The van der Waals surface area contributed by atoms with Gasteiger partial charge in [-0.3, -0.25) is 9.78 Å². The molecule has 12 nitrogen and oxygen atoms in total. The van der Waals surface area contributed by atoms with E-state index in [-0.39, 0.29) is 11.3 Å². The van der Waals surface area contributed by atoms with Crippen LogP contribution in [0.1, 0.15) is 113 Å². The molecule has 0 radical (unpaired) electrons. The van der Waals surface area contributed by atoms with E-state index >= 15 is 0 Å². The summed E-state index contributed by atoms with van der Waals surface area (Å²) >= 11 is 0. The summed E-state index contributed by atoms with van der Waals surface area (Å²) in [7, 11) is 1.38. The molecule has 87 heavy (non-hydrogen) atoms. The van der Waals surface area contributed by atoms with Gasteiger partial charge in [0.25, 0.3) is 5.91 Å². The summed E-state index contributed by atoms with van der Waals surface area (Å²) in [5.74, 6) is 6.30. The summed E-state index contributed by atoms with van der Waals surface area (Å²) in [4.78, 5) is 61.4. The van der Waals surface area contributed by atoms with E-state index in [4.69, 9.17) is 24.7 Å². The number of aromatic amines is 4. The zero-order valence-corrected chi connectivity index (χ0v) is 48.9. The van der Waals surface area contributed by atoms with Crippen molar-refractivity contribution in [2.45, 2.75) is 53.0 Å². The molecule has 10 aromatic rings. The maximum absolute atomic E-state index is 13.8. The molecular weight excluding hydrogens is 1070 g/mol. The highest BCUT2D eigenvalue weighted by molar-refractivity contribution is 5.98. The van der Waals surface area contributed by atoms with E-state index in [0.29, 0.717) is 17.7 Å². The molecule has 0 atom stereocenters. The van der Waals surface area contributed by atoms with Crippen molar-refractivity contribution in [3.63, 3.8) is 0 Å². The Hall–Kier alpha value is -11.2. The zero-order chi connectivity index (χ0) is 59.5. The van der Waals surface area contributed by atoms with Crippen molar-refractivity contribution >= 4 is 92.5 Å². The number of carbonyl (C=O) groups is 2. The average molecular weight is 1130 g/mol. The molecule has 6 aromatic heterocycles. The molecule has 4 aliphatic rings. The molecule has 1 amide bonds. The number of rotatable bonds is 7. The summed E-state index contributed by atoms with van der Waals surface area (Å²) in [5.41, 5.74) is 26.8. The van der Waals surface area contributed by atoms with Crippen LogP contribution >= 0.6 is 0 Å². The minimum absolute atomic E-state index is 0.189. The predicted octanol–water partition coefficient (Wildman–Crippen LogP) is 16.0. The van der Waals surface area contributed by atoms with Gasteiger partial charge in [-0.2, -0.15) is 0 Å². The van der Waals surface area contributed by atoms with E-state index in [9.17, 15) is 9.59 Å². The van der Waals surface area contributed by atoms with Gasteiger partial charge in [0.05, 0.1) is 57.9 Å². The zero-order valence-electron chi connectivity index (χ0n) is 48.9. The second kappa shape index (κ2) is 21.8. The van der Waals surface area contributed by atoms with Crippen LogP contribution in [0.4, 0.5) is 0 Å². The first kappa shape index (κ1) is 53.8. The predicted molar refractivity (Wildman–Crippen MR) is 351 cm³/mol. The Morgan fingerprint density at radius 2 is 1.03 bits per heavy atom. The molecular formula is C75H59N9O3. The van der Waals surface area contributed by atoms with Crippen molar-refractivity contribution in [1.82, 2.24) is 45.2 Å². The van der Waals surface area contributed by atoms with Gasteiger partial charge in [-0.25, -0.2) is 19.7 Å².